The molecule has 1 heterocycles. The molecule has 1 N–H and O–H groups in total. The second-order valence-corrected chi connectivity index (χ2v) is 8.85. The van der Waals surface area contributed by atoms with Gasteiger partial charge in [-0.05, 0) is 29.0 Å². The number of piperazine rings is 1. The van der Waals surface area contributed by atoms with Gasteiger partial charge in [0.15, 0.2) is 0 Å². The number of rotatable bonds is 4. The standard InChI is InChI=1S/C22H33N3O3/c1-15(2)19(21(28)25-13-11-24(12-14-25)16(3)26)23-20(27)17-7-9-18(10-8-17)22(4,5)6/h7-10,15,19H,11-14H2,1-6H3,(H,23,27). The highest BCUT2D eigenvalue weighted by Gasteiger charge is 2.31. The van der Waals surface area contributed by atoms with E-state index in [0.29, 0.717) is 31.7 Å². The molecule has 1 saturated heterocycles. The van der Waals surface area contributed by atoms with E-state index in [0.717, 1.165) is 5.56 Å². The summed E-state index contributed by atoms with van der Waals surface area (Å²) in [5.74, 6) is -0.330. The normalized spacial score (nSPS) is 16.1. The van der Waals surface area contributed by atoms with Gasteiger partial charge in [-0.3, -0.25) is 14.4 Å². The van der Waals surface area contributed by atoms with Crippen molar-refractivity contribution in [2.24, 2.45) is 5.92 Å². The molecule has 0 saturated carbocycles. The lowest BCUT2D eigenvalue weighted by atomic mass is 9.86. The minimum absolute atomic E-state index is 0.0213. The lowest BCUT2D eigenvalue weighted by molar-refractivity contribution is -0.140. The first-order valence-corrected chi connectivity index (χ1v) is 9.96. The maximum Gasteiger partial charge on any atom is 0.251 e. The Bertz CT molecular complexity index is 712. The van der Waals surface area contributed by atoms with E-state index in [1.165, 1.54) is 0 Å². The van der Waals surface area contributed by atoms with Crippen LogP contribution in [0.2, 0.25) is 0 Å². The molecule has 1 aromatic rings. The number of benzene rings is 1. The Hall–Kier alpha value is -2.37. The minimum atomic E-state index is -0.585. The van der Waals surface area contributed by atoms with Crippen molar-refractivity contribution >= 4 is 17.7 Å². The van der Waals surface area contributed by atoms with Crippen LogP contribution in [-0.4, -0.2) is 59.7 Å². The number of hydrogen-bond acceptors (Lipinski definition) is 3. The van der Waals surface area contributed by atoms with Crippen molar-refractivity contribution in [2.45, 2.75) is 53.0 Å². The highest BCUT2D eigenvalue weighted by Crippen LogP contribution is 2.22. The van der Waals surface area contributed by atoms with Gasteiger partial charge in [0.1, 0.15) is 6.04 Å². The fourth-order valence-corrected chi connectivity index (χ4v) is 3.30. The molecule has 1 fully saturated rings. The average Bonchev–Trinajstić information content (AvgIpc) is 2.64. The molecule has 2 rings (SSSR count). The first kappa shape index (κ1) is 21.9. The van der Waals surface area contributed by atoms with Gasteiger partial charge < -0.3 is 15.1 Å². The monoisotopic (exact) mass is 387 g/mol. The van der Waals surface area contributed by atoms with Gasteiger partial charge >= 0.3 is 0 Å². The summed E-state index contributed by atoms with van der Waals surface area (Å²) in [5.41, 5.74) is 1.73. The molecule has 3 amide bonds. The largest absolute Gasteiger partial charge is 0.340 e. The quantitative estimate of drug-likeness (QED) is 0.863. The first-order valence-electron chi connectivity index (χ1n) is 9.96. The van der Waals surface area contributed by atoms with E-state index in [2.05, 4.69) is 26.1 Å². The molecule has 1 aromatic carbocycles. The van der Waals surface area contributed by atoms with Crippen LogP contribution in [-0.2, 0) is 15.0 Å². The van der Waals surface area contributed by atoms with Crippen molar-refractivity contribution in [3.8, 4) is 0 Å². The van der Waals surface area contributed by atoms with Crippen LogP contribution in [0, 0.1) is 5.92 Å². The van der Waals surface area contributed by atoms with Crippen LogP contribution in [0.3, 0.4) is 0 Å². The summed E-state index contributed by atoms with van der Waals surface area (Å²) in [6.07, 6.45) is 0. The summed E-state index contributed by atoms with van der Waals surface area (Å²) in [5, 5.41) is 2.91. The zero-order valence-corrected chi connectivity index (χ0v) is 17.9. The Morgan fingerprint density at radius 2 is 1.43 bits per heavy atom. The van der Waals surface area contributed by atoms with Gasteiger partial charge in [-0.25, -0.2) is 0 Å². The van der Waals surface area contributed by atoms with Crippen LogP contribution < -0.4 is 5.32 Å². The molecule has 1 atom stereocenters. The zero-order chi connectivity index (χ0) is 21.1. The Morgan fingerprint density at radius 3 is 1.86 bits per heavy atom. The molecule has 1 unspecified atom stereocenters. The maximum absolute atomic E-state index is 13.0. The van der Waals surface area contributed by atoms with E-state index < -0.39 is 6.04 Å². The molecule has 0 spiro atoms. The van der Waals surface area contributed by atoms with Gasteiger partial charge in [0.05, 0.1) is 0 Å². The fourth-order valence-electron chi connectivity index (χ4n) is 3.30. The number of carbonyl (C=O) groups excluding carboxylic acids is 3. The SMILES string of the molecule is CC(=O)N1CCN(C(=O)C(NC(=O)c2ccc(C(C)(C)C)cc2)C(C)C)CC1. The van der Waals surface area contributed by atoms with Gasteiger partial charge in [-0.15, -0.1) is 0 Å². The number of nitrogens with one attached hydrogen (secondary N) is 1. The van der Waals surface area contributed by atoms with Crippen LogP contribution in [0.5, 0.6) is 0 Å². The van der Waals surface area contributed by atoms with Gasteiger partial charge in [0, 0.05) is 38.7 Å². The van der Waals surface area contributed by atoms with Gasteiger partial charge in [0.2, 0.25) is 11.8 Å². The average molecular weight is 388 g/mol. The van der Waals surface area contributed by atoms with Crippen molar-refractivity contribution in [1.29, 1.82) is 0 Å². The molecular formula is C22H33N3O3. The lowest BCUT2D eigenvalue weighted by Gasteiger charge is -2.37. The van der Waals surface area contributed by atoms with Crippen molar-refractivity contribution in [3.05, 3.63) is 35.4 Å². The lowest BCUT2D eigenvalue weighted by Crippen LogP contribution is -2.57. The van der Waals surface area contributed by atoms with Crippen LogP contribution in [0.25, 0.3) is 0 Å². The Morgan fingerprint density at radius 1 is 0.929 bits per heavy atom. The molecule has 6 nitrogen and oxygen atoms in total. The van der Waals surface area contributed by atoms with Crippen LogP contribution in [0.1, 0.15) is 57.5 Å². The Balaban J connectivity index is 2.05. The summed E-state index contributed by atoms with van der Waals surface area (Å²) < 4.78 is 0. The molecule has 6 heteroatoms. The number of amides is 3. The van der Waals surface area contributed by atoms with Crippen LogP contribution >= 0.6 is 0 Å². The minimum Gasteiger partial charge on any atom is -0.340 e. The molecule has 28 heavy (non-hydrogen) atoms. The third kappa shape index (κ3) is 5.33. The van der Waals surface area contributed by atoms with E-state index in [9.17, 15) is 14.4 Å². The predicted molar refractivity (Wildman–Crippen MR) is 110 cm³/mol. The Labute approximate surface area is 168 Å². The number of carbonyl (C=O) groups is 3. The van der Waals surface area contributed by atoms with Crippen molar-refractivity contribution < 1.29 is 14.4 Å². The summed E-state index contributed by atoms with van der Waals surface area (Å²) in [6.45, 7) is 13.8. The summed E-state index contributed by atoms with van der Waals surface area (Å²) in [6, 6.07) is 6.95. The second-order valence-electron chi connectivity index (χ2n) is 8.85. The number of hydrogen-bond donors (Lipinski definition) is 1. The molecule has 0 aliphatic carbocycles. The molecular weight excluding hydrogens is 354 g/mol. The summed E-state index contributed by atoms with van der Waals surface area (Å²) >= 11 is 0. The van der Waals surface area contributed by atoms with E-state index in [4.69, 9.17) is 0 Å². The maximum atomic E-state index is 13.0. The second kappa shape index (κ2) is 8.76. The Kier molecular flexibility index (Phi) is 6.86. The molecule has 0 bridgehead atoms. The van der Waals surface area contributed by atoms with Crippen LogP contribution in [0.15, 0.2) is 24.3 Å². The highest BCUT2D eigenvalue weighted by molar-refractivity contribution is 5.97. The van der Waals surface area contributed by atoms with E-state index in [1.54, 1.807) is 16.7 Å². The highest BCUT2D eigenvalue weighted by atomic mass is 16.2. The van der Waals surface area contributed by atoms with Gasteiger partial charge in [-0.1, -0.05) is 46.8 Å². The van der Waals surface area contributed by atoms with E-state index in [-0.39, 0.29) is 29.1 Å². The van der Waals surface area contributed by atoms with Gasteiger partial charge in [0.25, 0.3) is 5.91 Å². The molecule has 1 aliphatic rings. The molecule has 0 aromatic heterocycles. The van der Waals surface area contributed by atoms with E-state index in [1.807, 2.05) is 38.1 Å². The third-order valence-electron chi connectivity index (χ3n) is 5.27. The topological polar surface area (TPSA) is 69.7 Å². The molecule has 0 radical (unpaired) electrons. The number of nitrogens with zero attached hydrogens (tertiary/aromatic N) is 2. The van der Waals surface area contributed by atoms with Gasteiger partial charge in [-0.2, -0.15) is 0 Å². The van der Waals surface area contributed by atoms with Crippen molar-refractivity contribution in [2.75, 3.05) is 26.2 Å². The van der Waals surface area contributed by atoms with Crippen molar-refractivity contribution in [3.63, 3.8) is 0 Å². The molecule has 154 valence electrons. The zero-order valence-electron chi connectivity index (χ0n) is 17.9. The third-order valence-corrected chi connectivity index (χ3v) is 5.27. The summed E-state index contributed by atoms with van der Waals surface area (Å²) in [7, 11) is 0. The fraction of sp³-hybridized carbons (Fsp3) is 0.591. The predicted octanol–water partition coefficient (Wildman–Crippen LogP) is 2.43. The van der Waals surface area contributed by atoms with E-state index >= 15 is 0 Å². The molecule has 1 aliphatic heterocycles. The summed E-state index contributed by atoms with van der Waals surface area (Å²) in [4.78, 5) is 40.6. The van der Waals surface area contributed by atoms with Crippen molar-refractivity contribution in [1.82, 2.24) is 15.1 Å². The smallest absolute Gasteiger partial charge is 0.251 e. The van der Waals surface area contributed by atoms with Crippen LogP contribution in [0.4, 0.5) is 0 Å². The first-order chi connectivity index (χ1) is 13.0.